The predicted octanol–water partition coefficient (Wildman–Crippen LogP) is 2.59. The summed E-state index contributed by atoms with van der Waals surface area (Å²) in [7, 11) is 0. The van der Waals surface area contributed by atoms with Crippen LogP contribution in [0.1, 0.15) is 21.5 Å². The molecular weight excluding hydrogens is 288 g/mol. The van der Waals surface area contributed by atoms with E-state index in [0.29, 0.717) is 5.56 Å². The van der Waals surface area contributed by atoms with Gasteiger partial charge < -0.3 is 10.5 Å². The minimum Gasteiger partial charge on any atom is -0.379 e. The maximum absolute atomic E-state index is 11.4. The molecule has 3 rings (SSSR count). The summed E-state index contributed by atoms with van der Waals surface area (Å²) < 4.78 is 5.39. The van der Waals surface area contributed by atoms with Crippen molar-refractivity contribution in [1.82, 2.24) is 4.90 Å². The Balaban J connectivity index is 1.81. The molecule has 23 heavy (non-hydrogen) atoms. The lowest BCUT2D eigenvalue weighted by molar-refractivity contribution is 0.0342. The SMILES string of the molecule is Cc1cc(CN2CCOCC2)ccc1-c1cccc(C(N)=O)c1. The first-order valence-corrected chi connectivity index (χ1v) is 7.93. The van der Waals surface area contributed by atoms with Crippen LogP contribution in [0.25, 0.3) is 11.1 Å². The number of carbonyl (C=O) groups excluding carboxylic acids is 1. The van der Waals surface area contributed by atoms with Crippen LogP contribution in [-0.4, -0.2) is 37.1 Å². The molecule has 4 heteroatoms. The molecule has 0 aliphatic carbocycles. The van der Waals surface area contributed by atoms with E-state index in [2.05, 4.69) is 30.0 Å². The third-order valence-corrected chi connectivity index (χ3v) is 4.26. The van der Waals surface area contributed by atoms with Crippen molar-refractivity contribution in [3.05, 3.63) is 59.2 Å². The number of ether oxygens (including phenoxy) is 1. The fourth-order valence-corrected chi connectivity index (χ4v) is 3.01. The number of nitrogens with zero attached hydrogens (tertiary/aromatic N) is 1. The van der Waals surface area contributed by atoms with Crippen molar-refractivity contribution in [2.24, 2.45) is 5.73 Å². The Bertz CT molecular complexity index is 706. The van der Waals surface area contributed by atoms with Gasteiger partial charge in [0.25, 0.3) is 0 Å². The Kier molecular flexibility index (Phi) is 4.74. The monoisotopic (exact) mass is 310 g/mol. The number of hydrogen-bond donors (Lipinski definition) is 1. The maximum Gasteiger partial charge on any atom is 0.248 e. The lowest BCUT2D eigenvalue weighted by Crippen LogP contribution is -2.35. The number of nitrogens with two attached hydrogens (primary N) is 1. The van der Waals surface area contributed by atoms with Gasteiger partial charge in [0.15, 0.2) is 0 Å². The van der Waals surface area contributed by atoms with Crippen LogP contribution in [0.3, 0.4) is 0 Å². The molecule has 1 aliphatic heterocycles. The normalized spacial score (nSPS) is 15.5. The van der Waals surface area contributed by atoms with Crippen molar-refractivity contribution in [2.45, 2.75) is 13.5 Å². The van der Waals surface area contributed by atoms with Crippen molar-refractivity contribution < 1.29 is 9.53 Å². The van der Waals surface area contributed by atoms with Crippen LogP contribution in [0.15, 0.2) is 42.5 Å². The number of rotatable bonds is 4. The zero-order valence-corrected chi connectivity index (χ0v) is 13.4. The number of primary amides is 1. The molecule has 1 aliphatic rings. The second-order valence-corrected chi connectivity index (χ2v) is 5.98. The van der Waals surface area contributed by atoms with Gasteiger partial charge in [0, 0.05) is 25.2 Å². The first-order valence-electron chi connectivity index (χ1n) is 7.93. The van der Waals surface area contributed by atoms with Gasteiger partial charge in [-0.2, -0.15) is 0 Å². The molecule has 2 aromatic rings. The minimum absolute atomic E-state index is 0.395. The van der Waals surface area contributed by atoms with Gasteiger partial charge in [0.05, 0.1) is 13.2 Å². The van der Waals surface area contributed by atoms with E-state index >= 15 is 0 Å². The third kappa shape index (κ3) is 3.78. The van der Waals surface area contributed by atoms with Crippen LogP contribution >= 0.6 is 0 Å². The molecule has 0 radical (unpaired) electrons. The summed E-state index contributed by atoms with van der Waals surface area (Å²) in [6, 6.07) is 14.0. The molecule has 1 fully saturated rings. The molecule has 120 valence electrons. The van der Waals surface area contributed by atoms with Crippen molar-refractivity contribution in [1.29, 1.82) is 0 Å². The van der Waals surface area contributed by atoms with E-state index in [1.165, 1.54) is 11.1 Å². The Morgan fingerprint density at radius 2 is 1.96 bits per heavy atom. The minimum atomic E-state index is -0.395. The predicted molar refractivity (Wildman–Crippen MR) is 91.2 cm³/mol. The molecule has 0 atom stereocenters. The van der Waals surface area contributed by atoms with Crippen molar-refractivity contribution in [2.75, 3.05) is 26.3 Å². The zero-order valence-electron chi connectivity index (χ0n) is 13.4. The van der Waals surface area contributed by atoms with Gasteiger partial charge in [0.2, 0.25) is 5.91 Å². The molecule has 2 aromatic carbocycles. The fourth-order valence-electron chi connectivity index (χ4n) is 3.01. The molecule has 4 nitrogen and oxygen atoms in total. The molecule has 0 saturated carbocycles. The number of aryl methyl sites for hydroxylation is 1. The summed E-state index contributed by atoms with van der Waals surface area (Å²) in [4.78, 5) is 13.8. The van der Waals surface area contributed by atoms with Gasteiger partial charge >= 0.3 is 0 Å². The second-order valence-electron chi connectivity index (χ2n) is 5.98. The van der Waals surface area contributed by atoms with E-state index in [1.807, 2.05) is 18.2 Å². The van der Waals surface area contributed by atoms with E-state index in [9.17, 15) is 4.79 Å². The van der Waals surface area contributed by atoms with E-state index in [-0.39, 0.29) is 0 Å². The van der Waals surface area contributed by atoms with Crippen molar-refractivity contribution in [3.8, 4) is 11.1 Å². The topological polar surface area (TPSA) is 55.6 Å². The smallest absolute Gasteiger partial charge is 0.248 e. The summed E-state index contributed by atoms with van der Waals surface area (Å²) in [5.74, 6) is -0.395. The Hall–Kier alpha value is -2.17. The first kappa shape index (κ1) is 15.7. The fraction of sp³-hybridized carbons (Fsp3) is 0.316. The van der Waals surface area contributed by atoms with Crippen LogP contribution in [0.5, 0.6) is 0 Å². The number of hydrogen-bond acceptors (Lipinski definition) is 3. The van der Waals surface area contributed by atoms with Crippen molar-refractivity contribution in [3.63, 3.8) is 0 Å². The summed E-state index contributed by atoms with van der Waals surface area (Å²) in [6.45, 7) is 6.66. The van der Waals surface area contributed by atoms with Gasteiger partial charge in [0.1, 0.15) is 0 Å². The van der Waals surface area contributed by atoms with Crippen molar-refractivity contribution >= 4 is 5.91 Å². The van der Waals surface area contributed by atoms with Crippen LogP contribution in [-0.2, 0) is 11.3 Å². The Morgan fingerprint density at radius 1 is 1.17 bits per heavy atom. The largest absolute Gasteiger partial charge is 0.379 e. The van der Waals surface area contributed by atoms with Crippen LogP contribution in [0.2, 0.25) is 0 Å². The highest BCUT2D eigenvalue weighted by Gasteiger charge is 2.12. The van der Waals surface area contributed by atoms with Crippen LogP contribution < -0.4 is 5.73 Å². The number of benzene rings is 2. The summed E-state index contributed by atoms with van der Waals surface area (Å²) in [6.07, 6.45) is 0. The molecule has 0 aromatic heterocycles. The molecule has 0 bridgehead atoms. The molecule has 0 unspecified atom stereocenters. The summed E-state index contributed by atoms with van der Waals surface area (Å²) in [5.41, 5.74) is 10.6. The Labute approximate surface area is 136 Å². The lowest BCUT2D eigenvalue weighted by Gasteiger charge is -2.26. The third-order valence-electron chi connectivity index (χ3n) is 4.26. The molecule has 1 amide bonds. The molecule has 2 N–H and O–H groups in total. The molecule has 1 saturated heterocycles. The molecular formula is C19H22N2O2. The Morgan fingerprint density at radius 3 is 2.65 bits per heavy atom. The van der Waals surface area contributed by atoms with Crippen LogP contribution in [0.4, 0.5) is 0 Å². The van der Waals surface area contributed by atoms with Crippen LogP contribution in [0, 0.1) is 6.92 Å². The summed E-state index contributed by atoms with van der Waals surface area (Å²) >= 11 is 0. The second kappa shape index (κ2) is 6.94. The van der Waals surface area contributed by atoms with Gasteiger partial charge in [-0.1, -0.05) is 30.3 Å². The van der Waals surface area contributed by atoms with E-state index in [1.54, 1.807) is 6.07 Å². The van der Waals surface area contributed by atoms with Gasteiger partial charge in [-0.3, -0.25) is 9.69 Å². The lowest BCUT2D eigenvalue weighted by atomic mass is 9.97. The van der Waals surface area contributed by atoms with Gasteiger partial charge in [-0.25, -0.2) is 0 Å². The molecule has 1 heterocycles. The average molecular weight is 310 g/mol. The van der Waals surface area contributed by atoms with E-state index < -0.39 is 5.91 Å². The highest BCUT2D eigenvalue weighted by molar-refractivity contribution is 5.94. The first-order chi connectivity index (χ1) is 11.1. The molecule has 0 spiro atoms. The maximum atomic E-state index is 11.4. The quantitative estimate of drug-likeness (QED) is 0.944. The number of morpholine rings is 1. The van der Waals surface area contributed by atoms with E-state index in [0.717, 1.165) is 44.0 Å². The van der Waals surface area contributed by atoms with Gasteiger partial charge in [-0.05, 0) is 41.3 Å². The summed E-state index contributed by atoms with van der Waals surface area (Å²) in [5, 5.41) is 0. The average Bonchev–Trinajstić information content (AvgIpc) is 2.56. The zero-order chi connectivity index (χ0) is 16.2. The standard InChI is InChI=1S/C19H22N2O2/c1-14-11-15(13-21-7-9-23-10-8-21)5-6-18(14)16-3-2-4-17(12-16)19(20)22/h2-6,11-12H,7-10,13H2,1H3,(H2,20,22). The number of amides is 1. The highest BCUT2D eigenvalue weighted by atomic mass is 16.5. The van der Waals surface area contributed by atoms with Gasteiger partial charge in [-0.15, -0.1) is 0 Å². The highest BCUT2D eigenvalue weighted by Crippen LogP contribution is 2.25. The number of carbonyl (C=O) groups is 1. The van der Waals surface area contributed by atoms with E-state index in [4.69, 9.17) is 10.5 Å².